The zero-order chi connectivity index (χ0) is 10.8. The lowest BCUT2D eigenvalue weighted by atomic mass is 10.1. The minimum atomic E-state index is -0.199. The second-order valence-corrected chi connectivity index (χ2v) is 2.91. The van der Waals surface area contributed by atoms with Gasteiger partial charge in [-0.2, -0.15) is 0 Å². The highest BCUT2D eigenvalue weighted by Gasteiger charge is 2.16. The standard InChI is InChI=1S/C9H15NO2.C2H6/c1-2-8-12-9(11)10-6-4-3-5-7-10;1-2/h2H,1,3-8H2;1-2H3. The van der Waals surface area contributed by atoms with E-state index >= 15 is 0 Å². The van der Waals surface area contributed by atoms with Crippen LogP contribution in [0.15, 0.2) is 12.7 Å². The van der Waals surface area contributed by atoms with Crippen LogP contribution in [-0.4, -0.2) is 30.7 Å². The number of likely N-dealkylation sites (tertiary alicyclic amines) is 1. The number of carbonyl (C=O) groups excluding carboxylic acids is 1. The Morgan fingerprint density at radius 1 is 1.36 bits per heavy atom. The Morgan fingerprint density at radius 2 is 1.93 bits per heavy atom. The van der Waals surface area contributed by atoms with Crippen molar-refractivity contribution in [3.63, 3.8) is 0 Å². The molecule has 0 aromatic rings. The zero-order valence-corrected chi connectivity index (χ0v) is 9.29. The van der Waals surface area contributed by atoms with Crippen molar-refractivity contribution in [2.45, 2.75) is 33.1 Å². The molecular weight excluding hydrogens is 178 g/mol. The summed E-state index contributed by atoms with van der Waals surface area (Å²) >= 11 is 0. The smallest absolute Gasteiger partial charge is 0.410 e. The lowest BCUT2D eigenvalue weighted by molar-refractivity contribution is 0.105. The van der Waals surface area contributed by atoms with E-state index in [0.717, 1.165) is 25.9 Å². The van der Waals surface area contributed by atoms with Crippen molar-refractivity contribution in [3.8, 4) is 0 Å². The summed E-state index contributed by atoms with van der Waals surface area (Å²) in [4.78, 5) is 13.0. The third kappa shape index (κ3) is 4.90. The summed E-state index contributed by atoms with van der Waals surface area (Å²) in [6, 6.07) is 0. The van der Waals surface area contributed by atoms with Crippen LogP contribution in [0.4, 0.5) is 4.79 Å². The second-order valence-electron chi connectivity index (χ2n) is 2.91. The van der Waals surface area contributed by atoms with Crippen molar-refractivity contribution in [2.24, 2.45) is 0 Å². The number of rotatable bonds is 2. The van der Waals surface area contributed by atoms with Crippen LogP contribution in [0.3, 0.4) is 0 Å². The molecule has 0 radical (unpaired) electrons. The highest BCUT2D eigenvalue weighted by Crippen LogP contribution is 2.09. The van der Waals surface area contributed by atoms with Crippen molar-refractivity contribution < 1.29 is 9.53 Å². The van der Waals surface area contributed by atoms with Crippen LogP contribution in [0.2, 0.25) is 0 Å². The normalized spacial score (nSPS) is 15.1. The van der Waals surface area contributed by atoms with Crippen molar-refractivity contribution in [3.05, 3.63) is 12.7 Å². The van der Waals surface area contributed by atoms with Gasteiger partial charge in [0.2, 0.25) is 0 Å². The Hall–Kier alpha value is -0.990. The van der Waals surface area contributed by atoms with Gasteiger partial charge in [-0.1, -0.05) is 26.5 Å². The molecule has 0 saturated carbocycles. The molecule has 0 N–H and O–H groups in total. The Labute approximate surface area is 86.7 Å². The van der Waals surface area contributed by atoms with Gasteiger partial charge in [-0.25, -0.2) is 4.79 Å². The van der Waals surface area contributed by atoms with Gasteiger partial charge in [0.15, 0.2) is 0 Å². The SMILES string of the molecule is C=CCOC(=O)N1CCCCC1.CC. The lowest BCUT2D eigenvalue weighted by Crippen LogP contribution is -2.36. The number of hydrogen-bond donors (Lipinski definition) is 0. The summed E-state index contributed by atoms with van der Waals surface area (Å²) in [5, 5.41) is 0. The Morgan fingerprint density at radius 3 is 2.43 bits per heavy atom. The molecule has 0 aromatic carbocycles. The molecule has 1 amide bonds. The van der Waals surface area contributed by atoms with E-state index in [2.05, 4.69) is 6.58 Å². The van der Waals surface area contributed by atoms with E-state index in [1.807, 2.05) is 13.8 Å². The number of nitrogens with zero attached hydrogens (tertiary/aromatic N) is 1. The first-order valence-corrected chi connectivity index (χ1v) is 5.37. The van der Waals surface area contributed by atoms with E-state index in [9.17, 15) is 4.79 Å². The molecule has 1 rings (SSSR count). The third-order valence-electron chi connectivity index (χ3n) is 1.94. The summed E-state index contributed by atoms with van der Waals surface area (Å²) in [6.45, 7) is 9.48. The molecule has 1 heterocycles. The van der Waals surface area contributed by atoms with Crippen LogP contribution in [-0.2, 0) is 4.74 Å². The monoisotopic (exact) mass is 199 g/mol. The predicted octanol–water partition coefficient (Wildman–Crippen LogP) is 2.82. The Balaban J connectivity index is 0.000000791. The van der Waals surface area contributed by atoms with E-state index in [1.165, 1.54) is 6.42 Å². The molecule has 1 saturated heterocycles. The molecule has 0 bridgehead atoms. The summed E-state index contributed by atoms with van der Waals surface area (Å²) in [6.07, 6.45) is 4.81. The molecule has 14 heavy (non-hydrogen) atoms. The summed E-state index contributed by atoms with van der Waals surface area (Å²) in [5.74, 6) is 0. The maximum absolute atomic E-state index is 11.2. The van der Waals surface area contributed by atoms with Crippen LogP contribution < -0.4 is 0 Å². The quantitative estimate of drug-likeness (QED) is 0.640. The van der Waals surface area contributed by atoms with Gasteiger partial charge < -0.3 is 9.64 Å². The minimum absolute atomic E-state index is 0.199. The number of amides is 1. The second kappa shape index (κ2) is 8.60. The maximum Gasteiger partial charge on any atom is 0.410 e. The lowest BCUT2D eigenvalue weighted by Gasteiger charge is -2.25. The van der Waals surface area contributed by atoms with Crippen molar-refractivity contribution in [2.75, 3.05) is 19.7 Å². The van der Waals surface area contributed by atoms with E-state index in [1.54, 1.807) is 11.0 Å². The molecule has 1 fully saturated rings. The number of hydrogen-bond acceptors (Lipinski definition) is 2. The molecule has 0 atom stereocenters. The van der Waals surface area contributed by atoms with Gasteiger partial charge in [-0.15, -0.1) is 0 Å². The molecule has 3 nitrogen and oxygen atoms in total. The van der Waals surface area contributed by atoms with Crippen LogP contribution in [0, 0.1) is 0 Å². The average Bonchev–Trinajstić information content (AvgIpc) is 2.30. The van der Waals surface area contributed by atoms with Crippen LogP contribution in [0.5, 0.6) is 0 Å². The predicted molar refractivity (Wildman–Crippen MR) is 58.3 cm³/mol. The maximum atomic E-state index is 11.2. The van der Waals surface area contributed by atoms with Crippen molar-refractivity contribution in [1.29, 1.82) is 0 Å². The fourth-order valence-corrected chi connectivity index (χ4v) is 1.30. The first-order chi connectivity index (χ1) is 6.84. The van der Waals surface area contributed by atoms with Gasteiger partial charge in [-0.3, -0.25) is 0 Å². The van der Waals surface area contributed by atoms with Crippen molar-refractivity contribution >= 4 is 6.09 Å². The fourth-order valence-electron chi connectivity index (χ4n) is 1.30. The molecule has 1 aliphatic heterocycles. The van der Waals surface area contributed by atoms with Gasteiger partial charge in [0.1, 0.15) is 6.61 Å². The number of piperidine rings is 1. The molecule has 0 aliphatic carbocycles. The Kier molecular flexibility index (Phi) is 7.99. The molecular formula is C11H21NO2. The summed E-state index contributed by atoms with van der Waals surface area (Å²) in [5.41, 5.74) is 0. The van der Waals surface area contributed by atoms with Crippen molar-refractivity contribution in [1.82, 2.24) is 4.90 Å². The van der Waals surface area contributed by atoms with Gasteiger partial charge in [-0.05, 0) is 19.3 Å². The highest BCUT2D eigenvalue weighted by molar-refractivity contribution is 5.67. The van der Waals surface area contributed by atoms with Crippen LogP contribution >= 0.6 is 0 Å². The van der Waals surface area contributed by atoms with E-state index in [4.69, 9.17) is 4.74 Å². The van der Waals surface area contributed by atoms with Crippen LogP contribution in [0.25, 0.3) is 0 Å². The highest BCUT2D eigenvalue weighted by atomic mass is 16.6. The molecule has 1 aliphatic rings. The molecule has 0 spiro atoms. The molecule has 82 valence electrons. The van der Waals surface area contributed by atoms with Gasteiger partial charge in [0, 0.05) is 13.1 Å². The summed E-state index contributed by atoms with van der Waals surface area (Å²) < 4.78 is 4.90. The van der Waals surface area contributed by atoms with Crippen LogP contribution in [0.1, 0.15) is 33.1 Å². The van der Waals surface area contributed by atoms with E-state index < -0.39 is 0 Å². The van der Waals surface area contributed by atoms with Gasteiger partial charge >= 0.3 is 6.09 Å². The molecule has 0 unspecified atom stereocenters. The minimum Gasteiger partial charge on any atom is -0.445 e. The largest absolute Gasteiger partial charge is 0.445 e. The molecule has 3 heteroatoms. The zero-order valence-electron chi connectivity index (χ0n) is 9.29. The van der Waals surface area contributed by atoms with E-state index in [0.29, 0.717) is 6.61 Å². The topological polar surface area (TPSA) is 29.5 Å². The summed E-state index contributed by atoms with van der Waals surface area (Å²) in [7, 11) is 0. The first kappa shape index (κ1) is 13.0. The van der Waals surface area contributed by atoms with Gasteiger partial charge in [0.25, 0.3) is 0 Å². The molecule has 0 aromatic heterocycles. The average molecular weight is 199 g/mol. The van der Waals surface area contributed by atoms with E-state index in [-0.39, 0.29) is 6.09 Å². The number of carbonyl (C=O) groups is 1. The number of ether oxygens (including phenoxy) is 1. The van der Waals surface area contributed by atoms with Gasteiger partial charge in [0.05, 0.1) is 0 Å². The fraction of sp³-hybridized carbons (Fsp3) is 0.727. The Bertz CT molecular complexity index is 163. The third-order valence-corrected chi connectivity index (χ3v) is 1.94. The first-order valence-electron chi connectivity index (χ1n) is 5.37.